The lowest BCUT2D eigenvalue weighted by atomic mass is 10.3. The molecule has 13 heteroatoms. The van der Waals surface area contributed by atoms with Crippen molar-refractivity contribution in [2.45, 2.75) is 12.5 Å². The number of nitrogens with zero attached hydrogens (tertiary/aromatic N) is 2. The van der Waals surface area contributed by atoms with Crippen molar-refractivity contribution in [2.24, 2.45) is 0 Å². The highest BCUT2D eigenvalue weighted by Crippen LogP contribution is 2.23. The number of rotatable bonds is 18. The van der Waals surface area contributed by atoms with Crippen LogP contribution in [0.15, 0.2) is 0 Å². The first-order valence-corrected chi connectivity index (χ1v) is 10.8. The van der Waals surface area contributed by atoms with Crippen molar-refractivity contribution in [1.29, 1.82) is 5.41 Å². The van der Waals surface area contributed by atoms with E-state index in [-0.39, 0.29) is 30.9 Å². The summed E-state index contributed by atoms with van der Waals surface area (Å²) >= 11 is 6.01. The molecule has 1 fully saturated rings. The third-order valence-corrected chi connectivity index (χ3v) is 4.28. The van der Waals surface area contributed by atoms with E-state index in [1.165, 1.54) is 0 Å². The van der Waals surface area contributed by atoms with Crippen LogP contribution in [0, 0.1) is 17.8 Å². The zero-order valence-corrected chi connectivity index (χ0v) is 19.0. The molecule has 0 radical (unpaired) electrons. The zero-order chi connectivity index (χ0) is 23.7. The molecule has 1 aliphatic heterocycles. The van der Waals surface area contributed by atoms with Crippen LogP contribution in [-0.4, -0.2) is 106 Å². The van der Waals surface area contributed by atoms with Gasteiger partial charge in [0, 0.05) is 12.8 Å². The summed E-state index contributed by atoms with van der Waals surface area (Å²) in [7, 11) is 0. The van der Waals surface area contributed by atoms with Crippen molar-refractivity contribution in [1.82, 2.24) is 9.97 Å². The van der Waals surface area contributed by atoms with Gasteiger partial charge < -0.3 is 49.6 Å². The van der Waals surface area contributed by atoms with E-state index >= 15 is 0 Å². The predicted octanol–water partition coefficient (Wildman–Crippen LogP) is 0.342. The number of halogens is 1. The van der Waals surface area contributed by atoms with E-state index in [2.05, 4.69) is 26.5 Å². The van der Waals surface area contributed by atoms with E-state index in [1.54, 1.807) is 0 Å². The van der Waals surface area contributed by atoms with Gasteiger partial charge >= 0.3 is 0 Å². The molecule has 4 N–H and O–H groups in total. The highest BCUT2D eigenvalue weighted by atomic mass is 35.5. The minimum atomic E-state index is -0.810. The summed E-state index contributed by atoms with van der Waals surface area (Å²) in [6, 6.07) is 0. The maximum absolute atomic E-state index is 9.13. The monoisotopic (exact) mass is 487 g/mol. The average molecular weight is 488 g/mol. The Morgan fingerprint density at radius 2 is 1.73 bits per heavy atom. The van der Waals surface area contributed by atoms with Gasteiger partial charge in [0.1, 0.15) is 24.3 Å². The molecule has 184 valence electrons. The van der Waals surface area contributed by atoms with Gasteiger partial charge in [-0.05, 0) is 11.6 Å². The van der Waals surface area contributed by atoms with E-state index in [9.17, 15) is 0 Å². The minimum Gasteiger partial charge on any atom is -0.394 e. The average Bonchev–Trinajstić information content (AvgIpc) is 3.26. The second-order valence-electron chi connectivity index (χ2n) is 6.52. The van der Waals surface area contributed by atoms with Crippen LogP contribution in [0.5, 0.6) is 0 Å². The van der Waals surface area contributed by atoms with Gasteiger partial charge in [-0.2, -0.15) is 9.97 Å². The Labute approximate surface area is 197 Å². The molecule has 2 rings (SSSR count). The molecule has 2 heterocycles. The van der Waals surface area contributed by atoms with Crippen LogP contribution < -0.4 is 10.6 Å². The molecular weight excluding hydrogens is 458 g/mol. The summed E-state index contributed by atoms with van der Waals surface area (Å²) in [5.74, 6) is 3.02. The number of terminal acetylenes is 1. The fourth-order valence-electron chi connectivity index (χ4n) is 2.59. The summed E-state index contributed by atoms with van der Waals surface area (Å²) in [6.07, 6.45) is 4.93. The first-order chi connectivity index (χ1) is 16.2. The van der Waals surface area contributed by atoms with Crippen molar-refractivity contribution in [3.8, 4) is 12.3 Å². The smallest absolute Gasteiger partial charge is 0.239 e. The van der Waals surface area contributed by atoms with Gasteiger partial charge in [-0.1, -0.05) is 5.92 Å². The Kier molecular flexibility index (Phi) is 13.6. The Morgan fingerprint density at radius 3 is 2.33 bits per heavy atom. The van der Waals surface area contributed by atoms with Gasteiger partial charge in [-0.3, -0.25) is 0 Å². The maximum Gasteiger partial charge on any atom is 0.239 e. The normalized spacial score (nSPS) is 17.6. The lowest BCUT2D eigenvalue weighted by molar-refractivity contribution is -0.0440. The fourth-order valence-corrected chi connectivity index (χ4v) is 2.76. The number of ether oxygens (including phenoxy) is 6. The molecule has 0 aromatic carbocycles. The van der Waals surface area contributed by atoms with Gasteiger partial charge in [-0.15, -0.1) is 6.42 Å². The molecule has 1 aliphatic rings. The molecule has 0 spiro atoms. The Bertz CT molecular complexity index is 752. The van der Waals surface area contributed by atoms with Crippen molar-refractivity contribution in [3.63, 3.8) is 0 Å². The number of aromatic nitrogens is 2. The summed E-state index contributed by atoms with van der Waals surface area (Å²) in [6.45, 7) is 3.91. The highest BCUT2D eigenvalue weighted by Gasteiger charge is 2.27. The molecule has 0 saturated carbocycles. The number of hydrogen-bond donors (Lipinski definition) is 4. The van der Waals surface area contributed by atoms with Gasteiger partial charge in [-0.25, -0.2) is 0 Å². The molecule has 1 aromatic heterocycles. The van der Waals surface area contributed by atoms with E-state index in [1.807, 2.05) is 0 Å². The van der Waals surface area contributed by atoms with Crippen molar-refractivity contribution >= 4 is 29.5 Å². The van der Waals surface area contributed by atoms with E-state index in [0.717, 1.165) is 6.21 Å². The Morgan fingerprint density at radius 1 is 1.09 bits per heavy atom. The van der Waals surface area contributed by atoms with Gasteiger partial charge in [0.15, 0.2) is 0 Å². The van der Waals surface area contributed by atoms with Crippen molar-refractivity contribution < 1.29 is 33.5 Å². The molecule has 0 aliphatic carbocycles. The summed E-state index contributed by atoms with van der Waals surface area (Å²) in [4.78, 5) is 8.22. The molecule has 2 atom stereocenters. The Hall–Kier alpha value is -2.08. The number of anilines is 2. The SMILES string of the molecule is C#CCOCCOCCOCCOCCNc1nc(Cl)nc(NC2OCC(CO)O2)c1C=N. The second-order valence-corrected chi connectivity index (χ2v) is 6.86. The lowest BCUT2D eigenvalue weighted by Crippen LogP contribution is -2.24. The number of aliphatic hydroxyl groups excluding tert-OH is 1. The standard InChI is InChI=1S/C20H30ClN5O7/c1-2-4-28-6-8-30-10-11-31-9-7-29-5-3-23-17-16(12-22)18(25-19(21)24-17)26-20-32-14-15(13-27)33-20/h1,12,15,20,22,27H,3-11,13-14H2,(H2,23,24,25,26). The van der Waals surface area contributed by atoms with Crippen LogP contribution in [0.25, 0.3) is 0 Å². The lowest BCUT2D eigenvalue weighted by Gasteiger charge is -2.17. The van der Waals surface area contributed by atoms with E-state index < -0.39 is 12.5 Å². The van der Waals surface area contributed by atoms with Crippen molar-refractivity contribution in [3.05, 3.63) is 10.8 Å². The van der Waals surface area contributed by atoms with E-state index in [4.69, 9.17) is 57.0 Å². The maximum atomic E-state index is 9.13. The molecule has 33 heavy (non-hydrogen) atoms. The van der Waals surface area contributed by atoms with Crippen LogP contribution >= 0.6 is 11.6 Å². The summed E-state index contributed by atoms with van der Waals surface area (Å²) in [5, 5.41) is 22.8. The van der Waals surface area contributed by atoms with Gasteiger partial charge in [0.2, 0.25) is 11.7 Å². The number of nitrogens with one attached hydrogen (secondary N) is 3. The molecule has 1 saturated heterocycles. The quantitative estimate of drug-likeness (QED) is 0.0982. The topological polar surface area (TPSA) is 149 Å². The van der Waals surface area contributed by atoms with Crippen molar-refractivity contribution in [2.75, 3.05) is 83.2 Å². The predicted molar refractivity (Wildman–Crippen MR) is 121 cm³/mol. The number of hydrogen-bond acceptors (Lipinski definition) is 12. The first-order valence-electron chi connectivity index (χ1n) is 10.4. The highest BCUT2D eigenvalue weighted by molar-refractivity contribution is 6.28. The minimum absolute atomic E-state index is 0.0125. The summed E-state index contributed by atoms with van der Waals surface area (Å²) in [5.41, 5.74) is 0.382. The molecular formula is C20H30ClN5O7. The van der Waals surface area contributed by atoms with Gasteiger partial charge in [0.05, 0.1) is 65.0 Å². The third kappa shape index (κ3) is 10.6. The molecule has 12 nitrogen and oxygen atoms in total. The number of aliphatic hydroxyl groups is 1. The van der Waals surface area contributed by atoms with Crippen LogP contribution in [-0.2, 0) is 28.4 Å². The van der Waals surface area contributed by atoms with Crippen LogP contribution in [0.3, 0.4) is 0 Å². The fraction of sp³-hybridized carbons (Fsp3) is 0.650. The third-order valence-electron chi connectivity index (χ3n) is 4.11. The molecule has 2 unspecified atom stereocenters. The van der Waals surface area contributed by atoms with Crippen LogP contribution in [0.2, 0.25) is 5.28 Å². The second kappa shape index (κ2) is 16.5. The zero-order valence-electron chi connectivity index (χ0n) is 18.3. The summed E-state index contributed by atoms with van der Waals surface area (Å²) < 4.78 is 32.2. The first kappa shape index (κ1) is 27.2. The van der Waals surface area contributed by atoms with Crippen LogP contribution in [0.4, 0.5) is 11.6 Å². The Balaban J connectivity index is 1.61. The molecule has 0 amide bonds. The molecule has 0 bridgehead atoms. The van der Waals surface area contributed by atoms with E-state index in [0.29, 0.717) is 64.2 Å². The van der Waals surface area contributed by atoms with Gasteiger partial charge in [0.25, 0.3) is 0 Å². The largest absolute Gasteiger partial charge is 0.394 e. The molecule has 1 aromatic rings. The van der Waals surface area contributed by atoms with Crippen LogP contribution in [0.1, 0.15) is 5.56 Å².